The van der Waals surface area contributed by atoms with Crippen molar-refractivity contribution in [1.29, 1.82) is 0 Å². The molecule has 0 N–H and O–H groups in total. The minimum Gasteiger partial charge on any atom is -0.451 e. The Morgan fingerprint density at radius 3 is 2.44 bits per heavy atom. The van der Waals surface area contributed by atoms with Crippen LogP contribution in [0.3, 0.4) is 0 Å². The van der Waals surface area contributed by atoms with E-state index in [2.05, 4.69) is 4.90 Å². The normalized spacial score (nSPS) is 18.4. The predicted molar refractivity (Wildman–Crippen MR) is 104 cm³/mol. The van der Waals surface area contributed by atoms with Gasteiger partial charge in [-0.25, -0.2) is 0 Å². The first-order valence-corrected chi connectivity index (χ1v) is 9.89. The number of halogens is 1. The fourth-order valence-corrected chi connectivity index (χ4v) is 4.08. The average Bonchev–Trinajstić information content (AvgIpc) is 3.31. The first kappa shape index (κ1) is 18.3. The summed E-state index contributed by atoms with van der Waals surface area (Å²) in [5.74, 6) is 0.497. The largest absolute Gasteiger partial charge is 0.451 e. The summed E-state index contributed by atoms with van der Waals surface area (Å²) in [6.45, 7) is 6.71. The van der Waals surface area contributed by atoms with Crippen molar-refractivity contribution in [3.8, 4) is 0 Å². The Hall–Kier alpha value is -2.05. The average molecular weight is 390 g/mol. The molecule has 27 heavy (non-hydrogen) atoms. The van der Waals surface area contributed by atoms with Crippen LogP contribution in [0.25, 0.3) is 11.0 Å². The molecule has 2 amide bonds. The van der Waals surface area contributed by atoms with Crippen molar-refractivity contribution in [2.75, 3.05) is 45.8 Å². The molecule has 0 bridgehead atoms. The number of carbonyl (C=O) groups excluding carboxylic acids is 2. The molecule has 2 aromatic rings. The lowest BCUT2D eigenvalue weighted by Gasteiger charge is -2.34. The van der Waals surface area contributed by atoms with Crippen LogP contribution in [0.2, 0.25) is 5.02 Å². The molecule has 7 heteroatoms. The van der Waals surface area contributed by atoms with Gasteiger partial charge in [0.05, 0.1) is 6.54 Å². The number of fused-ring (bicyclic) bond motifs is 1. The van der Waals surface area contributed by atoms with E-state index in [0.29, 0.717) is 49.1 Å². The number of amides is 2. The summed E-state index contributed by atoms with van der Waals surface area (Å²) in [5, 5.41) is 1.50. The second kappa shape index (κ2) is 7.52. The molecule has 0 atom stereocenters. The smallest absolute Gasteiger partial charge is 0.289 e. The van der Waals surface area contributed by atoms with E-state index in [4.69, 9.17) is 16.0 Å². The van der Waals surface area contributed by atoms with Gasteiger partial charge in [0.2, 0.25) is 5.91 Å². The highest BCUT2D eigenvalue weighted by molar-refractivity contribution is 6.31. The Morgan fingerprint density at radius 2 is 1.74 bits per heavy atom. The van der Waals surface area contributed by atoms with Crippen molar-refractivity contribution < 1.29 is 14.0 Å². The minimum absolute atomic E-state index is 0.0923. The van der Waals surface area contributed by atoms with Gasteiger partial charge in [-0.05, 0) is 38.0 Å². The maximum Gasteiger partial charge on any atom is 0.289 e. The number of hydrogen-bond donors (Lipinski definition) is 0. The number of furan rings is 1. The van der Waals surface area contributed by atoms with Crippen molar-refractivity contribution in [3.63, 3.8) is 0 Å². The molecule has 2 saturated heterocycles. The molecule has 0 aliphatic carbocycles. The van der Waals surface area contributed by atoms with Crippen LogP contribution in [0.15, 0.2) is 22.6 Å². The van der Waals surface area contributed by atoms with Gasteiger partial charge in [-0.15, -0.1) is 0 Å². The minimum atomic E-state index is -0.0923. The quantitative estimate of drug-likeness (QED) is 0.810. The van der Waals surface area contributed by atoms with Gasteiger partial charge >= 0.3 is 0 Å². The van der Waals surface area contributed by atoms with Gasteiger partial charge in [-0.3, -0.25) is 14.5 Å². The van der Waals surface area contributed by atoms with Gasteiger partial charge in [-0.2, -0.15) is 0 Å². The predicted octanol–water partition coefficient (Wildman–Crippen LogP) is 2.77. The number of nitrogens with zero attached hydrogens (tertiary/aromatic N) is 3. The molecule has 4 rings (SSSR count). The first-order valence-electron chi connectivity index (χ1n) is 9.51. The molecule has 1 aromatic carbocycles. The maximum atomic E-state index is 12.9. The molecule has 0 spiro atoms. The highest BCUT2D eigenvalue weighted by atomic mass is 35.5. The molecule has 0 radical (unpaired) electrons. The van der Waals surface area contributed by atoms with E-state index in [9.17, 15) is 9.59 Å². The van der Waals surface area contributed by atoms with Crippen LogP contribution >= 0.6 is 11.6 Å². The summed E-state index contributed by atoms with van der Waals surface area (Å²) in [6, 6.07) is 5.38. The molecule has 6 nitrogen and oxygen atoms in total. The summed E-state index contributed by atoms with van der Waals surface area (Å²) in [5.41, 5.74) is 1.50. The van der Waals surface area contributed by atoms with E-state index in [-0.39, 0.29) is 11.8 Å². The maximum absolute atomic E-state index is 12.9. The highest BCUT2D eigenvalue weighted by Gasteiger charge is 2.28. The Morgan fingerprint density at radius 1 is 1.04 bits per heavy atom. The van der Waals surface area contributed by atoms with E-state index in [1.54, 1.807) is 12.1 Å². The van der Waals surface area contributed by atoms with E-state index in [1.807, 2.05) is 22.8 Å². The van der Waals surface area contributed by atoms with Gasteiger partial charge < -0.3 is 14.2 Å². The second-order valence-electron chi connectivity index (χ2n) is 7.35. The molecule has 0 unspecified atom stereocenters. The van der Waals surface area contributed by atoms with Crippen molar-refractivity contribution in [3.05, 3.63) is 34.5 Å². The number of likely N-dealkylation sites (tertiary alicyclic amines) is 1. The molecule has 2 aliphatic heterocycles. The van der Waals surface area contributed by atoms with E-state index >= 15 is 0 Å². The zero-order valence-electron chi connectivity index (χ0n) is 15.5. The SMILES string of the molecule is Cc1c(C(=O)N2CCN(CC(=O)N3CCCC3)CC2)oc2ccc(Cl)cc12. The monoisotopic (exact) mass is 389 g/mol. The van der Waals surface area contributed by atoms with Crippen molar-refractivity contribution in [2.24, 2.45) is 0 Å². The van der Waals surface area contributed by atoms with Crippen molar-refractivity contribution in [1.82, 2.24) is 14.7 Å². The van der Waals surface area contributed by atoms with Crippen LogP contribution in [-0.4, -0.2) is 72.3 Å². The van der Waals surface area contributed by atoms with Crippen LogP contribution < -0.4 is 0 Å². The Kier molecular flexibility index (Phi) is 5.10. The fourth-order valence-electron chi connectivity index (χ4n) is 3.91. The lowest BCUT2D eigenvalue weighted by Crippen LogP contribution is -2.51. The summed E-state index contributed by atoms with van der Waals surface area (Å²) >= 11 is 6.06. The Balaban J connectivity index is 1.38. The van der Waals surface area contributed by atoms with Crippen LogP contribution in [0.4, 0.5) is 0 Å². The van der Waals surface area contributed by atoms with Gasteiger partial charge in [0.25, 0.3) is 5.91 Å². The number of aryl methyl sites for hydroxylation is 1. The van der Waals surface area contributed by atoms with Crippen molar-refractivity contribution in [2.45, 2.75) is 19.8 Å². The number of carbonyl (C=O) groups is 2. The molecule has 2 aliphatic rings. The number of piperazine rings is 1. The third-order valence-corrected chi connectivity index (χ3v) is 5.80. The third-order valence-electron chi connectivity index (χ3n) is 5.57. The van der Waals surface area contributed by atoms with Crippen LogP contribution in [0, 0.1) is 6.92 Å². The van der Waals surface area contributed by atoms with Gasteiger partial charge in [0, 0.05) is 55.2 Å². The summed E-state index contributed by atoms with van der Waals surface area (Å²) in [7, 11) is 0. The molecule has 1 aromatic heterocycles. The zero-order valence-corrected chi connectivity index (χ0v) is 16.3. The summed E-state index contributed by atoms with van der Waals surface area (Å²) in [6.07, 6.45) is 2.21. The van der Waals surface area contributed by atoms with E-state index < -0.39 is 0 Å². The highest BCUT2D eigenvalue weighted by Crippen LogP contribution is 2.29. The van der Waals surface area contributed by atoms with E-state index in [1.165, 1.54) is 0 Å². The molecule has 3 heterocycles. The van der Waals surface area contributed by atoms with Crippen LogP contribution in [0.5, 0.6) is 0 Å². The topological polar surface area (TPSA) is 57.0 Å². The number of rotatable bonds is 3. The molecule has 0 saturated carbocycles. The molecule has 144 valence electrons. The third kappa shape index (κ3) is 3.69. The Labute approximate surface area is 163 Å². The van der Waals surface area contributed by atoms with E-state index in [0.717, 1.165) is 36.9 Å². The zero-order chi connectivity index (χ0) is 19.0. The Bertz CT molecular complexity index is 865. The lowest BCUT2D eigenvalue weighted by atomic mass is 10.1. The second-order valence-corrected chi connectivity index (χ2v) is 7.79. The lowest BCUT2D eigenvalue weighted by molar-refractivity contribution is -0.131. The van der Waals surface area contributed by atoms with Crippen LogP contribution in [-0.2, 0) is 4.79 Å². The molecular weight excluding hydrogens is 366 g/mol. The first-order chi connectivity index (χ1) is 13.0. The van der Waals surface area contributed by atoms with Crippen molar-refractivity contribution >= 4 is 34.4 Å². The van der Waals surface area contributed by atoms with Gasteiger partial charge in [0.15, 0.2) is 5.76 Å². The molecular formula is C20H24ClN3O3. The summed E-state index contributed by atoms with van der Waals surface area (Å²) < 4.78 is 5.80. The van der Waals surface area contributed by atoms with Gasteiger partial charge in [0.1, 0.15) is 5.58 Å². The standard InChI is InChI=1S/C20H24ClN3O3/c1-14-16-12-15(21)4-5-17(16)27-19(14)20(26)24-10-8-22(9-11-24)13-18(25)23-6-2-3-7-23/h4-5,12H,2-3,6-11,13H2,1H3. The summed E-state index contributed by atoms with van der Waals surface area (Å²) in [4.78, 5) is 31.1. The van der Waals surface area contributed by atoms with Crippen LogP contribution in [0.1, 0.15) is 29.0 Å². The number of benzene rings is 1. The fraction of sp³-hybridized carbons (Fsp3) is 0.500. The number of hydrogen-bond acceptors (Lipinski definition) is 4. The molecule has 2 fully saturated rings. The van der Waals surface area contributed by atoms with Gasteiger partial charge in [-0.1, -0.05) is 11.6 Å².